The summed E-state index contributed by atoms with van der Waals surface area (Å²) in [7, 11) is 3.96. The van der Waals surface area contributed by atoms with E-state index >= 15 is 0 Å². The first-order chi connectivity index (χ1) is 7.18. The lowest BCUT2D eigenvalue weighted by molar-refractivity contribution is 0.0654. The fourth-order valence-electron chi connectivity index (χ4n) is 1.78. The van der Waals surface area contributed by atoms with Gasteiger partial charge < -0.3 is 14.4 Å². The van der Waals surface area contributed by atoms with Gasteiger partial charge in [0.25, 0.3) is 5.91 Å². The monoisotopic (exact) mass is 206 g/mol. The van der Waals surface area contributed by atoms with E-state index in [1.807, 2.05) is 16.5 Å². The Kier molecular flexibility index (Phi) is 2.77. The van der Waals surface area contributed by atoms with Crippen LogP contribution in [0.3, 0.4) is 0 Å². The van der Waals surface area contributed by atoms with Crippen LogP contribution < -0.4 is 0 Å². The molecule has 4 nitrogen and oxygen atoms in total. The molecule has 4 heteroatoms. The number of hydrogen-bond acceptors (Lipinski definition) is 2. The van der Waals surface area contributed by atoms with Gasteiger partial charge in [-0.1, -0.05) is 0 Å². The first kappa shape index (κ1) is 10.2. The maximum absolute atomic E-state index is 12.1. The third-order valence-electron chi connectivity index (χ3n) is 2.88. The molecular weight excluding hydrogens is 190 g/mol. The molecule has 0 saturated carbocycles. The molecule has 2 heterocycles. The van der Waals surface area contributed by atoms with Gasteiger partial charge in [0, 0.05) is 45.5 Å². The first-order valence-electron chi connectivity index (χ1n) is 5.18. The zero-order valence-electron chi connectivity index (χ0n) is 9.23. The SMILES string of the molecule is CN1CCN(C(=O)c2c[c]cn2C)CC1. The van der Waals surface area contributed by atoms with Gasteiger partial charge in [0.1, 0.15) is 5.69 Å². The van der Waals surface area contributed by atoms with Crippen molar-refractivity contribution >= 4 is 5.91 Å². The minimum atomic E-state index is 0.117. The van der Waals surface area contributed by atoms with Crippen LogP contribution in [0.5, 0.6) is 0 Å². The second kappa shape index (κ2) is 4.06. The Hall–Kier alpha value is -1.29. The van der Waals surface area contributed by atoms with Crippen molar-refractivity contribution in [1.29, 1.82) is 0 Å². The van der Waals surface area contributed by atoms with Crippen LogP contribution in [0.4, 0.5) is 0 Å². The van der Waals surface area contributed by atoms with E-state index < -0.39 is 0 Å². The highest BCUT2D eigenvalue weighted by atomic mass is 16.2. The fourth-order valence-corrected chi connectivity index (χ4v) is 1.78. The molecular formula is C11H16N3O. The van der Waals surface area contributed by atoms with Crippen molar-refractivity contribution in [3.8, 4) is 0 Å². The molecule has 1 aliphatic rings. The van der Waals surface area contributed by atoms with Gasteiger partial charge in [0.05, 0.1) is 0 Å². The van der Waals surface area contributed by atoms with Crippen LogP contribution in [0, 0.1) is 6.07 Å². The standard InChI is InChI=1S/C11H16N3O/c1-12-6-8-14(9-7-12)11(15)10-4-3-5-13(10)2/h4-5H,6-9H2,1-2H3. The van der Waals surface area contributed by atoms with Gasteiger partial charge in [-0.15, -0.1) is 0 Å². The topological polar surface area (TPSA) is 28.5 Å². The highest BCUT2D eigenvalue weighted by Gasteiger charge is 2.21. The summed E-state index contributed by atoms with van der Waals surface area (Å²) < 4.78 is 1.82. The van der Waals surface area contributed by atoms with Gasteiger partial charge in [-0.05, 0) is 13.1 Å². The fraction of sp³-hybridized carbons (Fsp3) is 0.545. The zero-order valence-corrected chi connectivity index (χ0v) is 9.23. The maximum atomic E-state index is 12.1. The summed E-state index contributed by atoms with van der Waals surface area (Å²) in [6.45, 7) is 3.56. The Labute approximate surface area is 90.1 Å². The Balaban J connectivity index is 2.06. The number of carbonyl (C=O) groups excluding carboxylic acids is 1. The smallest absolute Gasteiger partial charge is 0.270 e. The summed E-state index contributed by atoms with van der Waals surface area (Å²) in [5.74, 6) is 0.117. The maximum Gasteiger partial charge on any atom is 0.270 e. The van der Waals surface area contributed by atoms with Crippen LogP contribution in [0.2, 0.25) is 0 Å². The highest BCUT2D eigenvalue weighted by Crippen LogP contribution is 2.07. The summed E-state index contributed by atoms with van der Waals surface area (Å²) in [6.07, 6.45) is 1.78. The normalized spacial score (nSPS) is 18.1. The molecule has 2 rings (SSSR count). The number of aromatic nitrogens is 1. The summed E-state index contributed by atoms with van der Waals surface area (Å²) in [6, 6.07) is 4.68. The molecule has 1 saturated heterocycles. The lowest BCUT2D eigenvalue weighted by atomic mass is 10.3. The van der Waals surface area contributed by atoms with E-state index in [9.17, 15) is 4.79 Å². The number of carbonyl (C=O) groups is 1. The molecule has 1 aromatic rings. The average molecular weight is 206 g/mol. The molecule has 15 heavy (non-hydrogen) atoms. The average Bonchev–Trinajstić information content (AvgIpc) is 2.65. The predicted molar refractivity (Wildman–Crippen MR) is 57.6 cm³/mol. The van der Waals surface area contributed by atoms with Crippen LogP contribution in [-0.4, -0.2) is 53.5 Å². The van der Waals surface area contributed by atoms with E-state index in [-0.39, 0.29) is 5.91 Å². The molecule has 1 radical (unpaired) electrons. The summed E-state index contributed by atoms with van der Waals surface area (Å²) in [5.41, 5.74) is 0.722. The van der Waals surface area contributed by atoms with Crippen LogP contribution in [0.1, 0.15) is 10.5 Å². The van der Waals surface area contributed by atoms with Gasteiger partial charge in [-0.3, -0.25) is 4.79 Å². The van der Waals surface area contributed by atoms with Crippen molar-refractivity contribution in [2.75, 3.05) is 33.2 Å². The molecule has 0 aromatic carbocycles. The van der Waals surface area contributed by atoms with Gasteiger partial charge in [-0.2, -0.15) is 0 Å². The molecule has 0 N–H and O–H groups in total. The highest BCUT2D eigenvalue weighted by molar-refractivity contribution is 5.92. The first-order valence-corrected chi connectivity index (χ1v) is 5.18. The predicted octanol–water partition coefficient (Wildman–Crippen LogP) is 0.213. The Morgan fingerprint density at radius 3 is 2.47 bits per heavy atom. The van der Waals surface area contributed by atoms with E-state index in [2.05, 4.69) is 18.0 Å². The Morgan fingerprint density at radius 1 is 1.27 bits per heavy atom. The van der Waals surface area contributed by atoms with Crippen molar-refractivity contribution in [2.45, 2.75) is 0 Å². The van der Waals surface area contributed by atoms with Gasteiger partial charge in [-0.25, -0.2) is 0 Å². The molecule has 1 amide bonds. The number of rotatable bonds is 1. The lowest BCUT2D eigenvalue weighted by Gasteiger charge is -2.32. The molecule has 0 unspecified atom stereocenters. The van der Waals surface area contributed by atoms with Crippen molar-refractivity contribution in [1.82, 2.24) is 14.4 Å². The molecule has 0 bridgehead atoms. The van der Waals surface area contributed by atoms with Gasteiger partial charge in [0.2, 0.25) is 0 Å². The molecule has 0 aliphatic carbocycles. The second-order valence-corrected chi connectivity index (χ2v) is 4.03. The Bertz CT molecular complexity index is 350. The number of aryl methyl sites for hydroxylation is 1. The molecule has 1 aliphatic heterocycles. The van der Waals surface area contributed by atoms with Crippen molar-refractivity contribution in [3.63, 3.8) is 0 Å². The van der Waals surface area contributed by atoms with Crippen LogP contribution in [-0.2, 0) is 7.05 Å². The van der Waals surface area contributed by atoms with Gasteiger partial charge >= 0.3 is 0 Å². The van der Waals surface area contributed by atoms with Crippen molar-refractivity contribution in [2.24, 2.45) is 7.05 Å². The molecule has 81 valence electrons. The molecule has 0 spiro atoms. The van der Waals surface area contributed by atoms with Crippen LogP contribution >= 0.6 is 0 Å². The van der Waals surface area contributed by atoms with Crippen LogP contribution in [0.25, 0.3) is 0 Å². The largest absolute Gasteiger partial charge is 0.346 e. The molecule has 0 atom stereocenters. The van der Waals surface area contributed by atoms with Crippen molar-refractivity contribution < 1.29 is 4.79 Å². The van der Waals surface area contributed by atoms with E-state index in [0.717, 1.165) is 31.9 Å². The summed E-state index contributed by atoms with van der Waals surface area (Å²) in [4.78, 5) is 16.2. The zero-order chi connectivity index (χ0) is 10.8. The van der Waals surface area contributed by atoms with E-state index in [1.54, 1.807) is 12.3 Å². The van der Waals surface area contributed by atoms with Crippen LogP contribution in [0.15, 0.2) is 12.3 Å². The summed E-state index contributed by atoms with van der Waals surface area (Å²) >= 11 is 0. The minimum Gasteiger partial charge on any atom is -0.346 e. The van der Waals surface area contributed by atoms with Crippen molar-refractivity contribution in [3.05, 3.63) is 24.0 Å². The third-order valence-corrected chi connectivity index (χ3v) is 2.88. The van der Waals surface area contributed by atoms with E-state index in [0.29, 0.717) is 0 Å². The Morgan fingerprint density at radius 2 is 1.93 bits per heavy atom. The third kappa shape index (κ3) is 2.04. The number of nitrogens with zero attached hydrogens (tertiary/aromatic N) is 3. The quantitative estimate of drug-likeness (QED) is 0.657. The molecule has 1 aromatic heterocycles. The number of piperazine rings is 1. The van der Waals surface area contributed by atoms with E-state index in [1.165, 1.54) is 0 Å². The van der Waals surface area contributed by atoms with Gasteiger partial charge in [0.15, 0.2) is 0 Å². The number of hydrogen-bond donors (Lipinski definition) is 0. The summed E-state index contributed by atoms with van der Waals surface area (Å²) in [5, 5.41) is 0. The molecule has 1 fully saturated rings. The second-order valence-electron chi connectivity index (χ2n) is 4.03. The van der Waals surface area contributed by atoms with E-state index in [4.69, 9.17) is 0 Å². The minimum absolute atomic E-state index is 0.117. The number of amides is 1. The number of likely N-dealkylation sites (N-methyl/N-ethyl adjacent to an activating group) is 1. The lowest BCUT2D eigenvalue weighted by Crippen LogP contribution is -2.47.